The largest absolute Gasteiger partial charge is 0.497 e. The molecule has 1 aromatic heterocycles. The normalized spacial score (nSPS) is 10.9. The van der Waals surface area contributed by atoms with Gasteiger partial charge in [-0.15, -0.1) is 0 Å². The summed E-state index contributed by atoms with van der Waals surface area (Å²) in [5.74, 6) is 0.511. The molecule has 0 atom stereocenters. The minimum atomic E-state index is -0.428. The molecule has 0 aliphatic carbocycles. The summed E-state index contributed by atoms with van der Waals surface area (Å²) in [5, 5.41) is 0.301. The molecule has 3 aromatic rings. The zero-order valence-corrected chi connectivity index (χ0v) is 11.4. The topological polar surface area (TPSA) is 53.1 Å². The Balaban J connectivity index is 2.27. The summed E-state index contributed by atoms with van der Waals surface area (Å²) in [6, 6.07) is 9.60. The Labute approximate surface area is 119 Å². The van der Waals surface area contributed by atoms with Gasteiger partial charge in [-0.1, -0.05) is 11.6 Å². The van der Waals surface area contributed by atoms with Gasteiger partial charge in [0.15, 0.2) is 0 Å². The zero-order valence-electron chi connectivity index (χ0n) is 10.6. The van der Waals surface area contributed by atoms with Crippen LogP contribution in [0, 0.1) is 5.82 Å². The molecule has 2 N–H and O–H groups in total. The molecular formula is C14H11ClFN3O. The number of ether oxygens (including phenoxy) is 1. The first-order valence-electron chi connectivity index (χ1n) is 5.87. The molecule has 0 spiro atoms. The van der Waals surface area contributed by atoms with Crippen molar-refractivity contribution < 1.29 is 9.13 Å². The van der Waals surface area contributed by atoms with Gasteiger partial charge in [-0.05, 0) is 30.3 Å². The van der Waals surface area contributed by atoms with Crippen molar-refractivity contribution in [2.24, 2.45) is 0 Å². The van der Waals surface area contributed by atoms with Crippen molar-refractivity contribution in [1.29, 1.82) is 0 Å². The van der Waals surface area contributed by atoms with Gasteiger partial charge in [-0.3, -0.25) is 4.57 Å². The SMILES string of the molecule is COc1ccc2c(c1)nc(N)n2-c1cc(F)cc(Cl)c1. The summed E-state index contributed by atoms with van der Waals surface area (Å²) >= 11 is 5.88. The average molecular weight is 292 g/mol. The molecule has 20 heavy (non-hydrogen) atoms. The number of anilines is 1. The van der Waals surface area contributed by atoms with E-state index < -0.39 is 5.82 Å². The first-order chi connectivity index (χ1) is 9.58. The van der Waals surface area contributed by atoms with Gasteiger partial charge in [-0.2, -0.15) is 0 Å². The van der Waals surface area contributed by atoms with E-state index in [4.69, 9.17) is 22.1 Å². The number of hydrogen-bond acceptors (Lipinski definition) is 3. The molecular weight excluding hydrogens is 281 g/mol. The number of aromatic nitrogens is 2. The van der Waals surface area contributed by atoms with Crippen LogP contribution in [0.15, 0.2) is 36.4 Å². The second kappa shape index (κ2) is 4.68. The predicted octanol–water partition coefficient (Wildman–Crippen LogP) is 3.41. The minimum absolute atomic E-state index is 0.259. The molecule has 0 saturated heterocycles. The second-order valence-corrected chi connectivity index (χ2v) is 4.72. The number of nitrogens with two attached hydrogens (primary N) is 1. The fraction of sp³-hybridized carbons (Fsp3) is 0.0714. The van der Waals surface area contributed by atoms with E-state index in [1.807, 2.05) is 6.07 Å². The van der Waals surface area contributed by atoms with Gasteiger partial charge in [0, 0.05) is 11.1 Å². The Morgan fingerprint density at radius 2 is 2.05 bits per heavy atom. The van der Waals surface area contributed by atoms with Crippen LogP contribution in [-0.2, 0) is 0 Å². The van der Waals surface area contributed by atoms with E-state index in [9.17, 15) is 4.39 Å². The van der Waals surface area contributed by atoms with Crippen LogP contribution in [-0.4, -0.2) is 16.7 Å². The molecule has 2 aromatic carbocycles. The van der Waals surface area contributed by atoms with Crippen molar-refractivity contribution in [3.8, 4) is 11.4 Å². The molecule has 0 aliphatic heterocycles. The third-order valence-electron chi connectivity index (χ3n) is 2.99. The third kappa shape index (κ3) is 2.06. The lowest BCUT2D eigenvalue weighted by Gasteiger charge is -2.07. The van der Waals surface area contributed by atoms with E-state index in [0.29, 0.717) is 22.0 Å². The molecule has 0 saturated carbocycles. The van der Waals surface area contributed by atoms with E-state index in [2.05, 4.69) is 4.98 Å². The number of benzene rings is 2. The van der Waals surface area contributed by atoms with Crippen LogP contribution in [0.3, 0.4) is 0 Å². The van der Waals surface area contributed by atoms with E-state index in [1.165, 1.54) is 12.1 Å². The number of fused-ring (bicyclic) bond motifs is 1. The maximum Gasteiger partial charge on any atom is 0.205 e. The number of hydrogen-bond donors (Lipinski definition) is 1. The molecule has 0 radical (unpaired) electrons. The number of methoxy groups -OCH3 is 1. The van der Waals surface area contributed by atoms with Crippen molar-refractivity contribution in [2.45, 2.75) is 0 Å². The van der Waals surface area contributed by atoms with Crippen molar-refractivity contribution in [1.82, 2.24) is 9.55 Å². The van der Waals surface area contributed by atoms with Gasteiger partial charge in [0.2, 0.25) is 5.95 Å². The highest BCUT2D eigenvalue weighted by Crippen LogP contribution is 2.28. The third-order valence-corrected chi connectivity index (χ3v) is 3.21. The fourth-order valence-corrected chi connectivity index (χ4v) is 2.36. The highest BCUT2D eigenvalue weighted by molar-refractivity contribution is 6.30. The van der Waals surface area contributed by atoms with Crippen LogP contribution < -0.4 is 10.5 Å². The Bertz CT molecular complexity index is 780. The molecule has 0 unspecified atom stereocenters. The van der Waals surface area contributed by atoms with Crippen molar-refractivity contribution in [3.05, 3.63) is 47.2 Å². The monoisotopic (exact) mass is 291 g/mol. The summed E-state index contributed by atoms with van der Waals surface area (Å²) in [6.07, 6.45) is 0. The van der Waals surface area contributed by atoms with E-state index >= 15 is 0 Å². The number of nitrogen functional groups attached to an aromatic ring is 1. The average Bonchev–Trinajstić information content (AvgIpc) is 2.72. The van der Waals surface area contributed by atoms with E-state index in [0.717, 1.165) is 5.52 Å². The fourth-order valence-electron chi connectivity index (χ4n) is 2.15. The molecule has 0 aliphatic rings. The molecule has 0 fully saturated rings. The maximum absolute atomic E-state index is 13.5. The lowest BCUT2D eigenvalue weighted by Crippen LogP contribution is -2.01. The second-order valence-electron chi connectivity index (χ2n) is 4.29. The van der Waals surface area contributed by atoms with Crippen LogP contribution in [0.2, 0.25) is 5.02 Å². The van der Waals surface area contributed by atoms with Crippen molar-refractivity contribution in [2.75, 3.05) is 12.8 Å². The summed E-state index contributed by atoms with van der Waals surface area (Å²) in [7, 11) is 1.58. The zero-order chi connectivity index (χ0) is 14.3. The summed E-state index contributed by atoms with van der Waals surface area (Å²) in [5.41, 5.74) is 7.87. The predicted molar refractivity (Wildman–Crippen MR) is 77.0 cm³/mol. The van der Waals surface area contributed by atoms with Gasteiger partial charge in [0.1, 0.15) is 11.6 Å². The van der Waals surface area contributed by atoms with Gasteiger partial charge in [0.25, 0.3) is 0 Å². The van der Waals surface area contributed by atoms with Crippen LogP contribution in [0.5, 0.6) is 5.75 Å². The number of imidazole rings is 1. The number of nitrogens with zero attached hydrogens (tertiary/aromatic N) is 2. The van der Waals surface area contributed by atoms with Gasteiger partial charge < -0.3 is 10.5 Å². The van der Waals surface area contributed by atoms with Crippen molar-refractivity contribution in [3.63, 3.8) is 0 Å². The smallest absolute Gasteiger partial charge is 0.205 e. The minimum Gasteiger partial charge on any atom is -0.497 e. The van der Waals surface area contributed by atoms with Crippen LogP contribution in [0.25, 0.3) is 16.7 Å². The van der Waals surface area contributed by atoms with Crippen LogP contribution >= 0.6 is 11.6 Å². The molecule has 4 nitrogen and oxygen atoms in total. The first-order valence-corrected chi connectivity index (χ1v) is 6.25. The Morgan fingerprint density at radius 3 is 2.75 bits per heavy atom. The Kier molecular flexibility index (Phi) is 2.99. The quantitative estimate of drug-likeness (QED) is 0.787. The summed E-state index contributed by atoms with van der Waals surface area (Å²) < 4.78 is 20.3. The summed E-state index contributed by atoms with van der Waals surface area (Å²) in [6.45, 7) is 0. The summed E-state index contributed by atoms with van der Waals surface area (Å²) in [4.78, 5) is 4.25. The van der Waals surface area contributed by atoms with Crippen LogP contribution in [0.1, 0.15) is 0 Å². The Morgan fingerprint density at radius 1 is 1.25 bits per heavy atom. The molecule has 102 valence electrons. The highest BCUT2D eigenvalue weighted by Gasteiger charge is 2.12. The molecule has 0 bridgehead atoms. The van der Waals surface area contributed by atoms with E-state index in [1.54, 1.807) is 29.9 Å². The number of rotatable bonds is 2. The lowest BCUT2D eigenvalue weighted by molar-refractivity contribution is 0.415. The molecule has 3 rings (SSSR count). The lowest BCUT2D eigenvalue weighted by atomic mass is 10.2. The first kappa shape index (κ1) is 12.7. The Hall–Kier alpha value is -2.27. The highest BCUT2D eigenvalue weighted by atomic mass is 35.5. The van der Waals surface area contributed by atoms with Gasteiger partial charge in [0.05, 0.1) is 23.8 Å². The van der Waals surface area contributed by atoms with Crippen molar-refractivity contribution >= 4 is 28.6 Å². The number of halogens is 2. The van der Waals surface area contributed by atoms with E-state index in [-0.39, 0.29) is 5.95 Å². The molecule has 6 heteroatoms. The standard InChI is InChI=1S/C14H11ClFN3O/c1-20-11-2-3-13-12(7-11)18-14(17)19(13)10-5-8(15)4-9(16)6-10/h2-7H,1H3,(H2,17,18). The van der Waals surface area contributed by atoms with Gasteiger partial charge >= 0.3 is 0 Å². The van der Waals surface area contributed by atoms with Gasteiger partial charge in [-0.25, -0.2) is 9.37 Å². The maximum atomic E-state index is 13.5. The molecule has 1 heterocycles. The van der Waals surface area contributed by atoms with Crippen LogP contribution in [0.4, 0.5) is 10.3 Å². The molecule has 0 amide bonds.